The molecule has 1 atom stereocenters. The minimum atomic E-state index is -0.0777. The number of hydroxylamine groups is 1. The Kier molecular flexibility index (Phi) is 4.24. The van der Waals surface area contributed by atoms with Gasteiger partial charge in [0.15, 0.2) is 0 Å². The molecule has 3 heteroatoms. The molecule has 0 saturated carbocycles. The standard InChI is InChI=1S/C9H19NO2/c1-6-8(11)10-12-7(2)9(3,4)5/h7H,6H2,1-5H3,(H,10,11). The van der Waals surface area contributed by atoms with Crippen molar-refractivity contribution in [2.75, 3.05) is 0 Å². The molecule has 0 heterocycles. The Hall–Kier alpha value is -0.570. The fourth-order valence-electron chi connectivity index (χ4n) is 0.403. The maximum atomic E-state index is 10.8. The summed E-state index contributed by atoms with van der Waals surface area (Å²) in [5, 5.41) is 0. The van der Waals surface area contributed by atoms with Crippen molar-refractivity contribution in [1.29, 1.82) is 0 Å². The molecule has 1 N–H and O–H groups in total. The van der Waals surface area contributed by atoms with Gasteiger partial charge in [0.1, 0.15) is 0 Å². The lowest BCUT2D eigenvalue weighted by Gasteiger charge is -2.26. The van der Waals surface area contributed by atoms with Crippen molar-refractivity contribution in [3.8, 4) is 0 Å². The molecule has 1 unspecified atom stereocenters. The molecule has 0 fully saturated rings. The van der Waals surface area contributed by atoms with Crippen LogP contribution < -0.4 is 5.48 Å². The summed E-state index contributed by atoms with van der Waals surface area (Å²) in [6.45, 7) is 9.93. The monoisotopic (exact) mass is 173 g/mol. The maximum absolute atomic E-state index is 10.8. The SMILES string of the molecule is CCC(=O)NOC(C)C(C)(C)C. The molecule has 0 aromatic rings. The van der Waals surface area contributed by atoms with Crippen molar-refractivity contribution < 1.29 is 9.63 Å². The molecular weight excluding hydrogens is 154 g/mol. The van der Waals surface area contributed by atoms with E-state index in [1.165, 1.54) is 0 Å². The van der Waals surface area contributed by atoms with Gasteiger partial charge in [0.2, 0.25) is 5.91 Å². The van der Waals surface area contributed by atoms with E-state index in [9.17, 15) is 4.79 Å². The summed E-state index contributed by atoms with van der Waals surface area (Å²) in [5.74, 6) is -0.0777. The van der Waals surface area contributed by atoms with Gasteiger partial charge in [0.25, 0.3) is 0 Å². The van der Waals surface area contributed by atoms with Gasteiger partial charge < -0.3 is 0 Å². The van der Waals surface area contributed by atoms with E-state index in [-0.39, 0.29) is 17.4 Å². The van der Waals surface area contributed by atoms with E-state index in [2.05, 4.69) is 26.3 Å². The molecule has 0 aromatic heterocycles. The van der Waals surface area contributed by atoms with Gasteiger partial charge in [-0.2, -0.15) is 0 Å². The largest absolute Gasteiger partial charge is 0.273 e. The van der Waals surface area contributed by atoms with Crippen LogP contribution in [0, 0.1) is 5.41 Å². The van der Waals surface area contributed by atoms with E-state index < -0.39 is 0 Å². The molecule has 0 aliphatic carbocycles. The van der Waals surface area contributed by atoms with E-state index in [1.807, 2.05) is 6.92 Å². The third-order valence-corrected chi connectivity index (χ3v) is 1.89. The first-order valence-electron chi connectivity index (χ1n) is 4.32. The van der Waals surface area contributed by atoms with Crippen molar-refractivity contribution in [2.45, 2.75) is 47.1 Å². The highest BCUT2D eigenvalue weighted by Gasteiger charge is 2.21. The van der Waals surface area contributed by atoms with Gasteiger partial charge in [-0.25, -0.2) is 5.48 Å². The highest BCUT2D eigenvalue weighted by Crippen LogP contribution is 2.20. The van der Waals surface area contributed by atoms with Gasteiger partial charge >= 0.3 is 0 Å². The molecule has 1 amide bonds. The molecule has 0 radical (unpaired) electrons. The summed E-state index contributed by atoms with van der Waals surface area (Å²) < 4.78 is 0. The van der Waals surface area contributed by atoms with Crippen LogP contribution in [0.15, 0.2) is 0 Å². The number of rotatable bonds is 3. The number of carbonyl (C=O) groups excluding carboxylic acids is 1. The second kappa shape index (κ2) is 4.45. The fraction of sp³-hybridized carbons (Fsp3) is 0.889. The Morgan fingerprint density at radius 1 is 1.50 bits per heavy atom. The van der Waals surface area contributed by atoms with Crippen molar-refractivity contribution in [3.05, 3.63) is 0 Å². The lowest BCUT2D eigenvalue weighted by molar-refractivity contribution is -0.142. The second-order valence-electron chi connectivity index (χ2n) is 4.00. The van der Waals surface area contributed by atoms with Crippen molar-refractivity contribution in [3.63, 3.8) is 0 Å². The Labute approximate surface area is 74.4 Å². The summed E-state index contributed by atoms with van der Waals surface area (Å²) in [7, 11) is 0. The van der Waals surface area contributed by atoms with Crippen LogP contribution in [-0.4, -0.2) is 12.0 Å². The van der Waals surface area contributed by atoms with Gasteiger partial charge in [-0.05, 0) is 12.3 Å². The van der Waals surface area contributed by atoms with E-state index in [1.54, 1.807) is 6.92 Å². The Bertz CT molecular complexity index is 149. The predicted octanol–water partition coefficient (Wildman–Crippen LogP) is 1.88. The van der Waals surface area contributed by atoms with Gasteiger partial charge in [-0.3, -0.25) is 9.63 Å². The first-order valence-corrected chi connectivity index (χ1v) is 4.32. The summed E-state index contributed by atoms with van der Waals surface area (Å²) in [6.07, 6.45) is 0.477. The highest BCUT2D eigenvalue weighted by atomic mass is 16.7. The maximum Gasteiger partial charge on any atom is 0.243 e. The quantitative estimate of drug-likeness (QED) is 0.662. The van der Waals surface area contributed by atoms with Crippen LogP contribution in [0.4, 0.5) is 0 Å². The van der Waals surface area contributed by atoms with E-state index >= 15 is 0 Å². The van der Waals surface area contributed by atoms with Gasteiger partial charge in [-0.15, -0.1) is 0 Å². The normalized spacial score (nSPS) is 14.1. The summed E-state index contributed by atoms with van der Waals surface area (Å²) in [4.78, 5) is 16.0. The third kappa shape index (κ3) is 4.34. The topological polar surface area (TPSA) is 38.3 Å². The molecular formula is C9H19NO2. The Morgan fingerprint density at radius 3 is 2.33 bits per heavy atom. The summed E-state index contributed by atoms with van der Waals surface area (Å²) in [5.41, 5.74) is 2.46. The zero-order valence-electron chi connectivity index (χ0n) is 8.60. The number of carbonyl (C=O) groups is 1. The minimum absolute atomic E-state index is 0.0213. The first kappa shape index (κ1) is 11.4. The molecule has 0 aliphatic heterocycles. The lowest BCUT2D eigenvalue weighted by atomic mass is 9.90. The van der Waals surface area contributed by atoms with Gasteiger partial charge in [-0.1, -0.05) is 27.7 Å². The zero-order chi connectivity index (χ0) is 9.78. The molecule has 12 heavy (non-hydrogen) atoms. The van der Waals surface area contributed by atoms with Crippen molar-refractivity contribution in [1.82, 2.24) is 5.48 Å². The number of amides is 1. The number of hydrogen-bond acceptors (Lipinski definition) is 2. The van der Waals surface area contributed by atoms with Crippen LogP contribution in [-0.2, 0) is 9.63 Å². The fourth-order valence-corrected chi connectivity index (χ4v) is 0.403. The Balaban J connectivity index is 3.72. The van der Waals surface area contributed by atoms with Crippen LogP contribution in [0.5, 0.6) is 0 Å². The van der Waals surface area contributed by atoms with Crippen LogP contribution in [0.1, 0.15) is 41.0 Å². The molecule has 0 spiro atoms. The number of hydrogen-bond donors (Lipinski definition) is 1. The first-order chi connectivity index (χ1) is 5.38. The van der Waals surface area contributed by atoms with Crippen LogP contribution in [0.2, 0.25) is 0 Å². The third-order valence-electron chi connectivity index (χ3n) is 1.89. The van der Waals surface area contributed by atoms with Crippen LogP contribution in [0.25, 0.3) is 0 Å². The van der Waals surface area contributed by atoms with Crippen molar-refractivity contribution >= 4 is 5.91 Å². The minimum Gasteiger partial charge on any atom is -0.273 e. The van der Waals surface area contributed by atoms with Gasteiger partial charge in [0.05, 0.1) is 6.10 Å². The molecule has 0 bridgehead atoms. The van der Waals surface area contributed by atoms with Crippen molar-refractivity contribution in [2.24, 2.45) is 5.41 Å². The Morgan fingerprint density at radius 2 is 2.00 bits per heavy atom. The highest BCUT2D eigenvalue weighted by molar-refractivity contribution is 5.74. The van der Waals surface area contributed by atoms with E-state index in [0.717, 1.165) is 0 Å². The number of nitrogens with one attached hydrogen (secondary N) is 1. The second-order valence-corrected chi connectivity index (χ2v) is 4.00. The van der Waals surface area contributed by atoms with Crippen LogP contribution >= 0.6 is 0 Å². The van der Waals surface area contributed by atoms with E-state index in [4.69, 9.17) is 4.84 Å². The summed E-state index contributed by atoms with van der Waals surface area (Å²) >= 11 is 0. The molecule has 0 saturated heterocycles. The molecule has 0 aromatic carbocycles. The zero-order valence-corrected chi connectivity index (χ0v) is 8.60. The van der Waals surface area contributed by atoms with E-state index in [0.29, 0.717) is 6.42 Å². The molecule has 0 aliphatic rings. The lowest BCUT2D eigenvalue weighted by Crippen LogP contribution is -2.34. The molecule has 3 nitrogen and oxygen atoms in total. The summed E-state index contributed by atoms with van der Waals surface area (Å²) in [6, 6.07) is 0. The molecule has 0 rings (SSSR count). The average molecular weight is 173 g/mol. The smallest absolute Gasteiger partial charge is 0.243 e. The van der Waals surface area contributed by atoms with Gasteiger partial charge in [0, 0.05) is 6.42 Å². The molecule has 72 valence electrons. The van der Waals surface area contributed by atoms with Crippen LogP contribution in [0.3, 0.4) is 0 Å². The average Bonchev–Trinajstić information content (AvgIpc) is 1.97. The predicted molar refractivity (Wildman–Crippen MR) is 48.4 cm³/mol.